The summed E-state index contributed by atoms with van der Waals surface area (Å²) < 4.78 is 26.8. The van der Waals surface area contributed by atoms with E-state index in [0.29, 0.717) is 17.1 Å². The van der Waals surface area contributed by atoms with E-state index in [-0.39, 0.29) is 22.6 Å². The van der Waals surface area contributed by atoms with Crippen molar-refractivity contribution in [2.75, 3.05) is 14.2 Å². The van der Waals surface area contributed by atoms with E-state index in [1.165, 1.54) is 26.4 Å². The average molecular weight is 584 g/mol. The molecule has 0 spiro atoms. The number of aliphatic imine (C=N–C) groups is 1. The number of carbonyl (C=O) groups excluding carboxylic acids is 1. The number of aromatic nitrogens is 4. The predicted octanol–water partition coefficient (Wildman–Crippen LogP) is 6.97. The third kappa shape index (κ3) is 4.91. The molecule has 0 fully saturated rings. The van der Waals surface area contributed by atoms with Gasteiger partial charge in [-0.3, -0.25) is 0 Å². The van der Waals surface area contributed by atoms with E-state index in [2.05, 4.69) is 15.3 Å². The fraction of sp³-hybridized carbons (Fsp3) is 0.0857. The number of isocyanates is 1. The zero-order valence-electron chi connectivity index (χ0n) is 23.9. The summed E-state index contributed by atoms with van der Waals surface area (Å²) >= 11 is 0. The van der Waals surface area contributed by atoms with E-state index in [0.717, 1.165) is 22.8 Å². The molecular formula is C35H26FN5O3. The van der Waals surface area contributed by atoms with Gasteiger partial charge in [0.1, 0.15) is 5.82 Å². The highest BCUT2D eigenvalue weighted by Gasteiger charge is 2.41. The highest BCUT2D eigenvalue weighted by molar-refractivity contribution is 5.84. The van der Waals surface area contributed by atoms with Crippen LogP contribution in [0.1, 0.15) is 16.7 Å². The zero-order chi connectivity index (χ0) is 30.5. The average Bonchev–Trinajstić information content (AvgIpc) is 3.57. The smallest absolute Gasteiger partial charge is 0.240 e. The number of tetrazole rings is 1. The highest BCUT2D eigenvalue weighted by Crippen LogP contribution is 2.42. The minimum absolute atomic E-state index is 0.0634. The molecule has 6 aromatic rings. The molecule has 0 atom stereocenters. The SMILES string of the molecule is COc1ccc(-c2c(F)cc(N=C=O)cc2-c2nnn(C(c3ccccc3)(c3ccccc3)c3ccccc3)n2)cc1OC. The first-order valence-electron chi connectivity index (χ1n) is 13.7. The van der Waals surface area contributed by atoms with Crippen LogP contribution in [0.5, 0.6) is 11.5 Å². The van der Waals surface area contributed by atoms with Gasteiger partial charge in [0.2, 0.25) is 11.9 Å². The first kappa shape index (κ1) is 28.2. The molecule has 0 saturated heterocycles. The second-order valence-corrected chi connectivity index (χ2v) is 9.83. The maximum Gasteiger partial charge on any atom is 0.240 e. The van der Waals surface area contributed by atoms with E-state index in [9.17, 15) is 4.79 Å². The predicted molar refractivity (Wildman–Crippen MR) is 164 cm³/mol. The molecule has 0 N–H and O–H groups in total. The highest BCUT2D eigenvalue weighted by atomic mass is 19.1. The number of nitrogens with zero attached hydrogens (tertiary/aromatic N) is 5. The van der Waals surface area contributed by atoms with E-state index in [4.69, 9.17) is 14.6 Å². The van der Waals surface area contributed by atoms with Gasteiger partial charge in [-0.1, -0.05) is 97.1 Å². The fourth-order valence-corrected chi connectivity index (χ4v) is 5.52. The van der Waals surface area contributed by atoms with Gasteiger partial charge in [0, 0.05) is 17.2 Å². The Morgan fingerprint density at radius 2 is 1.32 bits per heavy atom. The Morgan fingerprint density at radius 1 is 0.750 bits per heavy atom. The van der Waals surface area contributed by atoms with Crippen LogP contribution in [0.3, 0.4) is 0 Å². The van der Waals surface area contributed by atoms with Gasteiger partial charge in [-0.2, -0.15) is 4.99 Å². The van der Waals surface area contributed by atoms with Crippen LogP contribution in [-0.4, -0.2) is 40.5 Å². The maximum atomic E-state index is 15.9. The number of ether oxygens (including phenoxy) is 2. The summed E-state index contributed by atoms with van der Waals surface area (Å²) in [4.78, 5) is 16.4. The van der Waals surface area contributed by atoms with Crippen molar-refractivity contribution in [2.24, 2.45) is 4.99 Å². The Balaban J connectivity index is 1.63. The van der Waals surface area contributed by atoms with E-state index in [1.54, 1.807) is 23.0 Å². The molecule has 1 heterocycles. The van der Waals surface area contributed by atoms with Crippen molar-refractivity contribution in [2.45, 2.75) is 5.54 Å². The van der Waals surface area contributed by atoms with Crippen LogP contribution in [0.4, 0.5) is 10.1 Å². The van der Waals surface area contributed by atoms with Crippen LogP contribution in [0.25, 0.3) is 22.5 Å². The fourth-order valence-electron chi connectivity index (χ4n) is 5.52. The standard InChI is InChI=1S/C35H26FN5O3/c1-43-31-19-18-24(20-32(31)44-2)33-29(21-28(37-23-42)22-30(33)36)34-38-40-41(39-34)35(25-12-6-3-7-13-25,26-14-8-4-9-15-26)27-16-10-5-11-17-27/h3-22H,1-2H3. The summed E-state index contributed by atoms with van der Waals surface area (Å²) in [5.74, 6) is 0.394. The van der Waals surface area contributed by atoms with Crippen LogP contribution < -0.4 is 9.47 Å². The Kier molecular flexibility index (Phi) is 7.78. The number of hydrogen-bond acceptors (Lipinski definition) is 7. The topological polar surface area (TPSA) is 91.5 Å². The molecule has 44 heavy (non-hydrogen) atoms. The van der Waals surface area contributed by atoms with Gasteiger partial charge < -0.3 is 9.47 Å². The Morgan fingerprint density at radius 3 is 1.84 bits per heavy atom. The molecule has 0 bridgehead atoms. The number of rotatable bonds is 9. The molecule has 8 nitrogen and oxygen atoms in total. The van der Waals surface area contributed by atoms with Crippen molar-refractivity contribution in [1.29, 1.82) is 0 Å². The third-order valence-corrected chi connectivity index (χ3v) is 7.45. The zero-order valence-corrected chi connectivity index (χ0v) is 23.9. The second-order valence-electron chi connectivity index (χ2n) is 9.83. The lowest BCUT2D eigenvalue weighted by molar-refractivity contribution is 0.355. The Bertz CT molecular complexity index is 1860. The lowest BCUT2D eigenvalue weighted by Crippen LogP contribution is -2.39. The number of halogens is 1. The van der Waals surface area contributed by atoms with Crippen LogP contribution in [0.2, 0.25) is 0 Å². The maximum absolute atomic E-state index is 15.9. The molecule has 0 aliphatic carbocycles. The lowest BCUT2D eigenvalue weighted by atomic mass is 9.77. The van der Waals surface area contributed by atoms with Gasteiger partial charge in [0.25, 0.3) is 0 Å². The molecule has 1 aromatic heterocycles. The molecular weight excluding hydrogens is 557 g/mol. The van der Waals surface area contributed by atoms with Crippen molar-refractivity contribution in [3.8, 4) is 34.0 Å². The van der Waals surface area contributed by atoms with Crippen LogP contribution in [0, 0.1) is 5.82 Å². The van der Waals surface area contributed by atoms with Crippen LogP contribution in [-0.2, 0) is 10.3 Å². The molecule has 0 unspecified atom stereocenters. The van der Waals surface area contributed by atoms with Crippen molar-refractivity contribution in [3.05, 3.63) is 144 Å². The molecule has 0 amide bonds. The molecule has 9 heteroatoms. The molecule has 0 aliphatic heterocycles. The van der Waals surface area contributed by atoms with E-state index in [1.807, 2.05) is 91.0 Å². The molecule has 216 valence electrons. The van der Waals surface area contributed by atoms with Gasteiger partial charge in [-0.05, 0) is 45.7 Å². The third-order valence-electron chi connectivity index (χ3n) is 7.45. The minimum Gasteiger partial charge on any atom is -0.493 e. The number of hydrogen-bond donors (Lipinski definition) is 0. The van der Waals surface area contributed by atoms with Gasteiger partial charge in [0.05, 0.1) is 19.9 Å². The lowest BCUT2D eigenvalue weighted by Gasteiger charge is -2.34. The van der Waals surface area contributed by atoms with E-state index >= 15 is 4.39 Å². The first-order chi connectivity index (χ1) is 21.6. The van der Waals surface area contributed by atoms with Crippen molar-refractivity contribution >= 4 is 11.8 Å². The van der Waals surface area contributed by atoms with Crippen molar-refractivity contribution in [3.63, 3.8) is 0 Å². The van der Waals surface area contributed by atoms with E-state index < -0.39 is 11.4 Å². The van der Waals surface area contributed by atoms with Gasteiger partial charge in [0.15, 0.2) is 17.0 Å². The van der Waals surface area contributed by atoms with Crippen molar-refractivity contribution < 1.29 is 18.7 Å². The first-order valence-corrected chi connectivity index (χ1v) is 13.7. The normalized spacial score (nSPS) is 11.1. The monoisotopic (exact) mass is 583 g/mol. The second kappa shape index (κ2) is 12.1. The van der Waals surface area contributed by atoms with Gasteiger partial charge >= 0.3 is 0 Å². The minimum atomic E-state index is -1.03. The Hall–Kier alpha value is -5.92. The summed E-state index contributed by atoms with van der Waals surface area (Å²) in [6.45, 7) is 0. The largest absolute Gasteiger partial charge is 0.493 e. The molecule has 0 aliphatic rings. The molecule has 0 radical (unpaired) electrons. The van der Waals surface area contributed by atoms with Gasteiger partial charge in [-0.15, -0.1) is 15.0 Å². The summed E-state index contributed by atoms with van der Waals surface area (Å²) in [5.41, 5.74) is 2.66. The molecule has 5 aromatic carbocycles. The summed E-state index contributed by atoms with van der Waals surface area (Å²) in [6, 6.07) is 37.4. The Labute approximate surface area is 253 Å². The van der Waals surface area contributed by atoms with Crippen LogP contribution in [0.15, 0.2) is 126 Å². The van der Waals surface area contributed by atoms with Gasteiger partial charge in [-0.25, -0.2) is 9.18 Å². The summed E-state index contributed by atoms with van der Waals surface area (Å²) in [6.07, 6.45) is 1.49. The number of methoxy groups -OCH3 is 2. The van der Waals surface area contributed by atoms with Crippen molar-refractivity contribution in [1.82, 2.24) is 20.2 Å². The molecule has 6 rings (SSSR count). The quantitative estimate of drug-likeness (QED) is 0.104. The summed E-state index contributed by atoms with van der Waals surface area (Å²) in [7, 11) is 3.03. The molecule has 0 saturated carbocycles. The van der Waals surface area contributed by atoms with Crippen LogP contribution >= 0.6 is 0 Å². The number of benzene rings is 5. The summed E-state index contributed by atoms with van der Waals surface area (Å²) in [5, 5.41) is 14.0.